The normalized spacial score (nSPS) is 13.8. The fourth-order valence-corrected chi connectivity index (χ4v) is 1.51. The van der Waals surface area contributed by atoms with Gasteiger partial charge in [-0.2, -0.15) is 0 Å². The molecule has 0 saturated heterocycles. The molecule has 0 heterocycles. The molecule has 0 aromatic rings. The van der Waals surface area contributed by atoms with Gasteiger partial charge in [0, 0.05) is 0 Å². The third-order valence-corrected chi connectivity index (χ3v) is 1.56. The van der Waals surface area contributed by atoms with E-state index in [1.807, 2.05) is 0 Å². The van der Waals surface area contributed by atoms with E-state index >= 15 is 0 Å². The Balaban J connectivity index is 3.89. The van der Waals surface area contributed by atoms with Crippen molar-refractivity contribution in [1.29, 1.82) is 0 Å². The molecular formula is C9H21N. The summed E-state index contributed by atoms with van der Waals surface area (Å²) in [7, 11) is 0. The summed E-state index contributed by atoms with van der Waals surface area (Å²) in [5.74, 6) is 0. The Kier molecular flexibility index (Phi) is 2.90. The second kappa shape index (κ2) is 2.91. The molecule has 1 nitrogen and oxygen atoms in total. The standard InChI is InChI=1S/C9H21N/c1-8(2,3)6-9(4,5)7-10/h6-7,10H2,1-5H3. The van der Waals surface area contributed by atoms with Crippen LogP contribution in [0.2, 0.25) is 0 Å². The van der Waals surface area contributed by atoms with Gasteiger partial charge in [0.05, 0.1) is 0 Å². The number of nitrogens with two attached hydrogens (primary N) is 1. The monoisotopic (exact) mass is 143 g/mol. The molecule has 0 unspecified atom stereocenters. The Morgan fingerprint density at radius 3 is 1.50 bits per heavy atom. The number of rotatable bonds is 2. The lowest BCUT2D eigenvalue weighted by Gasteiger charge is -2.30. The van der Waals surface area contributed by atoms with Crippen LogP contribution in [0.3, 0.4) is 0 Å². The molecule has 0 rings (SSSR count). The van der Waals surface area contributed by atoms with Crippen molar-refractivity contribution in [2.75, 3.05) is 6.54 Å². The smallest absolute Gasteiger partial charge is 0.00256 e. The van der Waals surface area contributed by atoms with Gasteiger partial charge in [0.15, 0.2) is 0 Å². The molecule has 0 aliphatic carbocycles. The molecule has 0 spiro atoms. The molecule has 0 bridgehead atoms. The molecule has 10 heavy (non-hydrogen) atoms. The maximum absolute atomic E-state index is 5.61. The molecule has 0 atom stereocenters. The second-order valence-electron chi connectivity index (χ2n) is 5.11. The molecule has 0 radical (unpaired) electrons. The van der Waals surface area contributed by atoms with E-state index < -0.39 is 0 Å². The summed E-state index contributed by atoms with van der Waals surface area (Å²) in [5.41, 5.74) is 6.32. The highest BCUT2D eigenvalue weighted by atomic mass is 14.6. The Bertz CT molecular complexity index is 97.8. The van der Waals surface area contributed by atoms with E-state index in [2.05, 4.69) is 34.6 Å². The van der Waals surface area contributed by atoms with Crippen LogP contribution in [-0.4, -0.2) is 6.54 Å². The van der Waals surface area contributed by atoms with E-state index in [1.54, 1.807) is 0 Å². The second-order valence-corrected chi connectivity index (χ2v) is 5.11. The average Bonchev–Trinajstić information content (AvgIpc) is 1.60. The number of hydrogen-bond donors (Lipinski definition) is 1. The first-order valence-electron chi connectivity index (χ1n) is 3.97. The zero-order valence-corrected chi connectivity index (χ0v) is 7.99. The van der Waals surface area contributed by atoms with Crippen molar-refractivity contribution in [2.24, 2.45) is 16.6 Å². The lowest BCUT2D eigenvalue weighted by molar-refractivity contribution is 0.220. The molecule has 0 aliphatic rings. The van der Waals surface area contributed by atoms with Crippen LogP contribution in [0, 0.1) is 10.8 Å². The van der Waals surface area contributed by atoms with Crippen molar-refractivity contribution in [2.45, 2.75) is 41.0 Å². The topological polar surface area (TPSA) is 26.0 Å². The van der Waals surface area contributed by atoms with E-state index in [0.717, 1.165) is 6.54 Å². The fourth-order valence-electron chi connectivity index (χ4n) is 1.51. The van der Waals surface area contributed by atoms with Gasteiger partial charge in [-0.1, -0.05) is 34.6 Å². The SMILES string of the molecule is CC(C)(C)CC(C)(C)CN. The summed E-state index contributed by atoms with van der Waals surface area (Å²) in [4.78, 5) is 0. The van der Waals surface area contributed by atoms with Crippen molar-refractivity contribution >= 4 is 0 Å². The van der Waals surface area contributed by atoms with E-state index in [-0.39, 0.29) is 0 Å². The summed E-state index contributed by atoms with van der Waals surface area (Å²) in [5, 5.41) is 0. The lowest BCUT2D eigenvalue weighted by atomic mass is 9.76. The van der Waals surface area contributed by atoms with E-state index in [4.69, 9.17) is 5.73 Å². The third-order valence-electron chi connectivity index (χ3n) is 1.56. The van der Waals surface area contributed by atoms with Gasteiger partial charge >= 0.3 is 0 Å². The predicted octanol–water partition coefficient (Wildman–Crippen LogP) is 2.41. The van der Waals surface area contributed by atoms with Crippen LogP contribution < -0.4 is 5.73 Å². The minimum atomic E-state index is 0.304. The van der Waals surface area contributed by atoms with Crippen LogP contribution in [0.4, 0.5) is 0 Å². The minimum Gasteiger partial charge on any atom is -0.330 e. The summed E-state index contributed by atoms with van der Waals surface area (Å²) < 4.78 is 0. The first kappa shape index (κ1) is 9.96. The molecule has 0 aromatic heterocycles. The van der Waals surface area contributed by atoms with Gasteiger partial charge in [-0.3, -0.25) is 0 Å². The van der Waals surface area contributed by atoms with Crippen LogP contribution >= 0.6 is 0 Å². The highest BCUT2D eigenvalue weighted by Crippen LogP contribution is 2.31. The van der Waals surface area contributed by atoms with E-state index in [9.17, 15) is 0 Å². The first-order valence-corrected chi connectivity index (χ1v) is 3.97. The van der Waals surface area contributed by atoms with Crippen LogP contribution in [0.5, 0.6) is 0 Å². The van der Waals surface area contributed by atoms with Crippen molar-refractivity contribution in [3.8, 4) is 0 Å². The molecule has 2 N–H and O–H groups in total. The zero-order chi connectivity index (χ0) is 8.41. The first-order chi connectivity index (χ1) is 4.27. The largest absolute Gasteiger partial charge is 0.330 e. The summed E-state index contributed by atoms with van der Waals surface area (Å²) in [6.45, 7) is 12.0. The molecule has 1 heteroatoms. The summed E-state index contributed by atoms with van der Waals surface area (Å²) in [6.07, 6.45) is 1.19. The Labute approximate surface area is 65.0 Å². The maximum Gasteiger partial charge on any atom is -0.00256 e. The van der Waals surface area contributed by atoms with Gasteiger partial charge in [-0.15, -0.1) is 0 Å². The van der Waals surface area contributed by atoms with E-state index in [0.29, 0.717) is 10.8 Å². The van der Waals surface area contributed by atoms with Crippen molar-refractivity contribution in [3.05, 3.63) is 0 Å². The quantitative estimate of drug-likeness (QED) is 0.631. The minimum absolute atomic E-state index is 0.304. The van der Waals surface area contributed by atoms with Gasteiger partial charge in [-0.25, -0.2) is 0 Å². The highest BCUT2D eigenvalue weighted by Gasteiger charge is 2.23. The van der Waals surface area contributed by atoms with Gasteiger partial charge in [0.2, 0.25) is 0 Å². The van der Waals surface area contributed by atoms with Gasteiger partial charge in [0.25, 0.3) is 0 Å². The molecule has 0 aromatic carbocycles. The van der Waals surface area contributed by atoms with Crippen molar-refractivity contribution < 1.29 is 0 Å². The lowest BCUT2D eigenvalue weighted by Crippen LogP contribution is -2.28. The van der Waals surface area contributed by atoms with Crippen molar-refractivity contribution in [1.82, 2.24) is 0 Å². The third kappa shape index (κ3) is 4.80. The Morgan fingerprint density at radius 1 is 1.00 bits per heavy atom. The Hall–Kier alpha value is -0.0400. The van der Waals surface area contributed by atoms with Gasteiger partial charge < -0.3 is 5.73 Å². The predicted molar refractivity (Wildman–Crippen MR) is 46.9 cm³/mol. The summed E-state index contributed by atoms with van der Waals surface area (Å²) >= 11 is 0. The Morgan fingerprint density at radius 2 is 1.40 bits per heavy atom. The van der Waals surface area contributed by atoms with E-state index in [1.165, 1.54) is 6.42 Å². The van der Waals surface area contributed by atoms with Crippen LogP contribution in [0.25, 0.3) is 0 Å². The highest BCUT2D eigenvalue weighted by molar-refractivity contribution is 4.76. The maximum atomic E-state index is 5.61. The van der Waals surface area contributed by atoms with Crippen LogP contribution in [-0.2, 0) is 0 Å². The zero-order valence-electron chi connectivity index (χ0n) is 7.99. The average molecular weight is 143 g/mol. The molecule has 0 fully saturated rings. The molecule has 0 aliphatic heterocycles. The van der Waals surface area contributed by atoms with Crippen molar-refractivity contribution in [3.63, 3.8) is 0 Å². The fraction of sp³-hybridized carbons (Fsp3) is 1.00. The molecule has 0 saturated carbocycles. The van der Waals surface area contributed by atoms with Crippen LogP contribution in [0.15, 0.2) is 0 Å². The van der Waals surface area contributed by atoms with Gasteiger partial charge in [-0.05, 0) is 23.8 Å². The molecule has 62 valence electrons. The molecular weight excluding hydrogens is 122 g/mol. The summed E-state index contributed by atoms with van der Waals surface area (Å²) in [6, 6.07) is 0. The number of hydrogen-bond acceptors (Lipinski definition) is 1. The van der Waals surface area contributed by atoms with Crippen LogP contribution in [0.1, 0.15) is 41.0 Å². The van der Waals surface area contributed by atoms with Gasteiger partial charge in [0.1, 0.15) is 0 Å². The molecule has 0 amide bonds.